The van der Waals surface area contributed by atoms with Gasteiger partial charge in [0.15, 0.2) is 0 Å². The average Bonchev–Trinajstić information content (AvgIpc) is 2.88. The Morgan fingerprint density at radius 3 is 2.83 bits per heavy atom. The van der Waals surface area contributed by atoms with Crippen molar-refractivity contribution in [2.45, 2.75) is 13.8 Å². The molecule has 7 nitrogen and oxygen atoms in total. The van der Waals surface area contributed by atoms with Crippen LogP contribution in [0.1, 0.15) is 23.0 Å². The number of hydrogen-bond acceptors (Lipinski definition) is 4. The van der Waals surface area contributed by atoms with Crippen LogP contribution in [-0.2, 0) is 0 Å². The molecule has 2 heterocycles. The molecule has 0 saturated carbocycles. The maximum Gasteiger partial charge on any atom is 0.257 e. The lowest BCUT2D eigenvalue weighted by molar-refractivity contribution is 0.102. The first-order chi connectivity index (χ1) is 11.0. The van der Waals surface area contributed by atoms with E-state index in [4.69, 9.17) is 10.8 Å². The van der Waals surface area contributed by atoms with Gasteiger partial charge < -0.3 is 5.32 Å². The topological polar surface area (TPSA) is 110 Å². The summed E-state index contributed by atoms with van der Waals surface area (Å²) >= 11 is 0. The minimum atomic E-state index is -0.291. The number of aryl methyl sites for hydroxylation is 1. The van der Waals surface area contributed by atoms with E-state index in [1.807, 2.05) is 19.1 Å². The van der Waals surface area contributed by atoms with E-state index in [0.29, 0.717) is 11.3 Å². The molecule has 23 heavy (non-hydrogen) atoms. The summed E-state index contributed by atoms with van der Waals surface area (Å²) in [5, 5.41) is 26.2. The number of aromatic amines is 1. The number of nitrogens with zero attached hydrogens (tertiary/aromatic N) is 2. The van der Waals surface area contributed by atoms with E-state index in [-0.39, 0.29) is 17.2 Å². The number of benzene rings is 1. The number of rotatable bonds is 2. The molecule has 0 saturated heterocycles. The molecule has 0 unspecified atom stereocenters. The average molecular weight is 308 g/mol. The Bertz CT molecular complexity index is 982. The van der Waals surface area contributed by atoms with Crippen LogP contribution >= 0.6 is 0 Å². The van der Waals surface area contributed by atoms with Crippen molar-refractivity contribution in [3.63, 3.8) is 0 Å². The third-order valence-corrected chi connectivity index (χ3v) is 3.57. The summed E-state index contributed by atoms with van der Waals surface area (Å²) in [6, 6.07) is 8.55. The number of aromatic nitrogens is 3. The summed E-state index contributed by atoms with van der Waals surface area (Å²) < 4.78 is 1.35. The van der Waals surface area contributed by atoms with E-state index in [2.05, 4.69) is 15.5 Å². The fourth-order valence-electron chi connectivity index (χ4n) is 2.33. The van der Waals surface area contributed by atoms with Crippen LogP contribution in [0.5, 0.6) is 0 Å². The lowest BCUT2D eigenvalue weighted by atomic mass is 10.2. The van der Waals surface area contributed by atoms with Crippen LogP contribution in [0, 0.1) is 17.7 Å². The molecule has 3 aromatic rings. The van der Waals surface area contributed by atoms with Crippen LogP contribution in [-0.4, -0.2) is 26.5 Å². The Morgan fingerprint density at radius 1 is 1.30 bits per heavy atom. The summed E-state index contributed by atoms with van der Waals surface area (Å²) in [5.74, 6) is -0.111. The largest absolute Gasteiger partial charge is 0.322 e. The highest BCUT2D eigenvalue weighted by molar-refractivity contribution is 6.05. The van der Waals surface area contributed by atoms with Crippen LogP contribution in [0.15, 0.2) is 36.5 Å². The molecule has 116 valence electrons. The number of fused-ring (bicyclic) bond motifs is 1. The summed E-state index contributed by atoms with van der Waals surface area (Å²) in [6.07, 6.45) is 1.49. The predicted octanol–water partition coefficient (Wildman–Crippen LogP) is 2.25. The van der Waals surface area contributed by atoms with Gasteiger partial charge in [-0.3, -0.25) is 25.3 Å². The van der Waals surface area contributed by atoms with Gasteiger partial charge >= 0.3 is 0 Å². The summed E-state index contributed by atoms with van der Waals surface area (Å²) in [4.78, 5) is 12.4. The summed E-state index contributed by atoms with van der Waals surface area (Å²) in [5.41, 5.74) is 2.99. The molecule has 0 atom stereocenters. The van der Waals surface area contributed by atoms with Crippen molar-refractivity contribution in [1.29, 1.82) is 10.8 Å². The Labute approximate surface area is 132 Å². The minimum absolute atomic E-state index is 0.157. The second kappa shape index (κ2) is 5.53. The Morgan fingerprint density at radius 2 is 2.09 bits per heavy atom. The van der Waals surface area contributed by atoms with Crippen molar-refractivity contribution in [3.8, 4) is 0 Å². The van der Waals surface area contributed by atoms with Crippen LogP contribution in [0.25, 0.3) is 10.9 Å². The quantitative estimate of drug-likeness (QED) is 0.430. The second-order valence-electron chi connectivity index (χ2n) is 5.29. The van der Waals surface area contributed by atoms with Crippen molar-refractivity contribution in [1.82, 2.24) is 14.8 Å². The molecule has 0 spiro atoms. The summed E-state index contributed by atoms with van der Waals surface area (Å²) in [6.45, 7) is 3.49. The fraction of sp³-hybridized carbons (Fsp3) is 0.125. The molecule has 2 aromatic heterocycles. The van der Waals surface area contributed by atoms with E-state index in [9.17, 15) is 4.79 Å². The maximum absolute atomic E-state index is 12.4. The molecular formula is C16H16N6O. The van der Waals surface area contributed by atoms with Crippen molar-refractivity contribution in [2.75, 3.05) is 5.32 Å². The first-order valence-electron chi connectivity index (χ1n) is 7.04. The molecule has 0 aliphatic carbocycles. The van der Waals surface area contributed by atoms with Gasteiger partial charge in [-0.2, -0.15) is 5.10 Å². The fourth-order valence-corrected chi connectivity index (χ4v) is 2.33. The number of anilines is 1. The molecule has 3 rings (SSSR count). The van der Waals surface area contributed by atoms with E-state index >= 15 is 0 Å². The van der Waals surface area contributed by atoms with E-state index in [0.717, 1.165) is 16.6 Å². The van der Waals surface area contributed by atoms with Gasteiger partial charge in [0.05, 0.1) is 11.1 Å². The number of carbonyl (C=O) groups excluding carboxylic acids is 1. The van der Waals surface area contributed by atoms with Gasteiger partial charge in [-0.15, -0.1) is 0 Å². The predicted molar refractivity (Wildman–Crippen MR) is 87.9 cm³/mol. The van der Waals surface area contributed by atoms with Crippen molar-refractivity contribution < 1.29 is 4.79 Å². The SMILES string of the molecule is CC(=N)n1cc(C(=O)Nc2ccc3n[nH]c(C)c3c2)ccc1=N. The van der Waals surface area contributed by atoms with Gasteiger partial charge in [0.1, 0.15) is 11.3 Å². The van der Waals surface area contributed by atoms with E-state index in [1.54, 1.807) is 19.1 Å². The summed E-state index contributed by atoms with van der Waals surface area (Å²) in [7, 11) is 0. The first-order valence-corrected chi connectivity index (χ1v) is 7.04. The lowest BCUT2D eigenvalue weighted by Crippen LogP contribution is -2.25. The molecule has 1 aromatic carbocycles. The molecule has 0 radical (unpaired) electrons. The van der Waals surface area contributed by atoms with Gasteiger partial charge in [0.25, 0.3) is 5.91 Å². The third-order valence-electron chi connectivity index (χ3n) is 3.57. The van der Waals surface area contributed by atoms with Gasteiger partial charge in [0, 0.05) is 23.0 Å². The number of H-pyrrole nitrogens is 1. The van der Waals surface area contributed by atoms with Crippen molar-refractivity contribution in [3.05, 3.63) is 53.3 Å². The van der Waals surface area contributed by atoms with E-state index < -0.39 is 0 Å². The molecule has 0 fully saturated rings. The first kappa shape index (κ1) is 14.7. The highest BCUT2D eigenvalue weighted by Crippen LogP contribution is 2.20. The van der Waals surface area contributed by atoms with Crippen molar-refractivity contribution >= 4 is 28.3 Å². The highest BCUT2D eigenvalue weighted by Gasteiger charge is 2.09. The molecule has 4 N–H and O–H groups in total. The Kier molecular flexibility index (Phi) is 3.53. The highest BCUT2D eigenvalue weighted by atomic mass is 16.1. The van der Waals surface area contributed by atoms with E-state index in [1.165, 1.54) is 16.8 Å². The van der Waals surface area contributed by atoms with Crippen LogP contribution < -0.4 is 10.8 Å². The number of nitrogens with one attached hydrogen (secondary N) is 4. The maximum atomic E-state index is 12.4. The Balaban J connectivity index is 1.91. The number of carbonyl (C=O) groups is 1. The zero-order valence-corrected chi connectivity index (χ0v) is 12.8. The zero-order valence-electron chi connectivity index (χ0n) is 12.8. The second-order valence-corrected chi connectivity index (χ2v) is 5.29. The lowest BCUT2D eigenvalue weighted by Gasteiger charge is -2.09. The number of hydrogen-bond donors (Lipinski definition) is 4. The molecule has 0 aliphatic heterocycles. The zero-order chi connectivity index (χ0) is 16.6. The minimum Gasteiger partial charge on any atom is -0.322 e. The molecule has 0 aliphatic rings. The van der Waals surface area contributed by atoms with Crippen LogP contribution in [0.2, 0.25) is 0 Å². The van der Waals surface area contributed by atoms with Gasteiger partial charge in [-0.25, -0.2) is 0 Å². The van der Waals surface area contributed by atoms with Crippen LogP contribution in [0.3, 0.4) is 0 Å². The standard InChI is InChI=1S/C16H16N6O/c1-9-13-7-12(4-5-14(13)21-20-9)19-16(23)11-3-6-15(18)22(8-11)10(2)17/h3-8,17-18H,1-2H3,(H,19,23)(H,20,21). The van der Waals surface area contributed by atoms with Crippen LogP contribution in [0.4, 0.5) is 5.69 Å². The molecule has 7 heteroatoms. The number of amides is 1. The monoisotopic (exact) mass is 308 g/mol. The normalized spacial score (nSPS) is 10.7. The van der Waals surface area contributed by atoms with Crippen molar-refractivity contribution in [2.24, 2.45) is 0 Å². The third kappa shape index (κ3) is 2.76. The number of pyridine rings is 1. The molecule has 1 amide bonds. The Hall–Kier alpha value is -3.22. The molecular weight excluding hydrogens is 292 g/mol. The molecule has 0 bridgehead atoms. The van der Waals surface area contributed by atoms with Gasteiger partial charge in [-0.1, -0.05) is 0 Å². The smallest absolute Gasteiger partial charge is 0.257 e. The van der Waals surface area contributed by atoms with Gasteiger partial charge in [0.2, 0.25) is 0 Å². The van der Waals surface area contributed by atoms with Gasteiger partial charge in [-0.05, 0) is 44.2 Å².